The van der Waals surface area contributed by atoms with Gasteiger partial charge in [-0.1, -0.05) is 242 Å². The molecule has 0 aromatic heterocycles. The van der Waals surface area contributed by atoms with Gasteiger partial charge >= 0.3 is 19.8 Å². The molecule has 1 N–H and O–H groups in total. The minimum Gasteiger partial charge on any atom is -0.462 e. The van der Waals surface area contributed by atoms with E-state index in [2.05, 4.69) is 160 Å². The van der Waals surface area contributed by atoms with Crippen LogP contribution in [-0.4, -0.2) is 74.9 Å². The van der Waals surface area contributed by atoms with Crippen LogP contribution in [0.5, 0.6) is 0 Å². The van der Waals surface area contributed by atoms with Crippen molar-refractivity contribution in [3.8, 4) is 0 Å². The molecule has 440 valence electrons. The second-order valence-electron chi connectivity index (χ2n) is 20.6. The summed E-state index contributed by atoms with van der Waals surface area (Å²) in [5.41, 5.74) is 0. The molecular weight excluding hydrogens is 990 g/mol. The van der Waals surface area contributed by atoms with Crippen molar-refractivity contribution in [1.29, 1.82) is 0 Å². The van der Waals surface area contributed by atoms with Crippen LogP contribution >= 0.6 is 7.82 Å². The molecule has 0 aliphatic rings. The Kier molecular flexibility index (Phi) is 54.1. The van der Waals surface area contributed by atoms with Gasteiger partial charge in [0.25, 0.3) is 0 Å². The molecule has 0 fully saturated rings. The molecule has 2 atom stereocenters. The molecule has 0 amide bonds. The highest BCUT2D eigenvalue weighted by Gasteiger charge is 2.27. The molecule has 0 saturated carbocycles. The molecule has 0 aliphatic carbocycles. The van der Waals surface area contributed by atoms with E-state index in [1.165, 1.54) is 64.2 Å². The first kappa shape index (κ1) is 73.6. The van der Waals surface area contributed by atoms with Crippen LogP contribution in [0.15, 0.2) is 158 Å². The number of unbranched alkanes of at least 4 members (excludes halogenated alkanes) is 13. The number of allylic oxidation sites excluding steroid dienone is 26. The summed E-state index contributed by atoms with van der Waals surface area (Å²) in [6, 6.07) is 0. The number of hydrogen-bond acceptors (Lipinski definition) is 7. The summed E-state index contributed by atoms with van der Waals surface area (Å²) in [6.07, 6.45) is 86.4. The number of quaternary nitrogens is 1. The van der Waals surface area contributed by atoms with Crippen LogP contribution in [-0.2, 0) is 32.7 Å². The smallest absolute Gasteiger partial charge is 0.462 e. The third-order valence-electron chi connectivity index (χ3n) is 12.1. The van der Waals surface area contributed by atoms with E-state index in [0.717, 1.165) is 103 Å². The first-order valence-electron chi connectivity index (χ1n) is 30.2. The molecule has 0 aliphatic heterocycles. The Bertz CT molecular complexity index is 1870. The van der Waals surface area contributed by atoms with Crippen molar-refractivity contribution in [2.45, 2.75) is 213 Å². The number of rotatable bonds is 53. The molecule has 0 aromatic rings. The fourth-order valence-electron chi connectivity index (χ4n) is 7.49. The van der Waals surface area contributed by atoms with Crippen molar-refractivity contribution < 1.29 is 42.1 Å². The Morgan fingerprint density at radius 3 is 1.08 bits per heavy atom. The predicted molar refractivity (Wildman–Crippen MR) is 334 cm³/mol. The zero-order valence-electron chi connectivity index (χ0n) is 49.8. The van der Waals surface area contributed by atoms with E-state index in [4.69, 9.17) is 18.5 Å². The Morgan fingerprint density at radius 1 is 0.397 bits per heavy atom. The third kappa shape index (κ3) is 60.9. The molecule has 0 heterocycles. The minimum absolute atomic E-state index is 0.0138. The van der Waals surface area contributed by atoms with Gasteiger partial charge in [-0.05, 0) is 109 Å². The zero-order valence-corrected chi connectivity index (χ0v) is 50.7. The van der Waals surface area contributed by atoms with Crippen LogP contribution in [0.2, 0.25) is 0 Å². The number of carbonyl (C=O) groups is 2. The summed E-state index contributed by atoms with van der Waals surface area (Å²) in [5.74, 6) is -0.904. The molecule has 2 unspecified atom stereocenters. The summed E-state index contributed by atoms with van der Waals surface area (Å²) in [4.78, 5) is 35.5. The van der Waals surface area contributed by atoms with Gasteiger partial charge in [-0.15, -0.1) is 0 Å². The van der Waals surface area contributed by atoms with Gasteiger partial charge in [0.1, 0.15) is 19.8 Å². The minimum atomic E-state index is -4.41. The highest BCUT2D eigenvalue weighted by atomic mass is 31.2. The molecule has 0 rings (SSSR count). The van der Waals surface area contributed by atoms with Gasteiger partial charge in [-0.3, -0.25) is 18.6 Å². The first-order valence-corrected chi connectivity index (χ1v) is 31.7. The van der Waals surface area contributed by atoms with E-state index < -0.39 is 32.5 Å². The molecule has 0 spiro atoms. The van der Waals surface area contributed by atoms with E-state index >= 15 is 0 Å². The van der Waals surface area contributed by atoms with Crippen molar-refractivity contribution in [2.24, 2.45) is 0 Å². The quantitative estimate of drug-likeness (QED) is 0.0211. The molecular formula is C68H111NO8P+. The van der Waals surface area contributed by atoms with Crippen LogP contribution in [0, 0.1) is 0 Å². The Labute approximate surface area is 477 Å². The zero-order chi connectivity index (χ0) is 57.0. The third-order valence-corrected chi connectivity index (χ3v) is 13.1. The Balaban J connectivity index is 4.07. The summed E-state index contributed by atoms with van der Waals surface area (Å²) in [7, 11) is 1.42. The van der Waals surface area contributed by atoms with E-state index in [1.54, 1.807) is 0 Å². The number of likely N-dealkylation sites (N-methyl/N-ethyl adjacent to an activating group) is 1. The number of esters is 2. The number of phosphoric ester groups is 1. The van der Waals surface area contributed by atoms with Crippen LogP contribution in [0.25, 0.3) is 0 Å². The summed E-state index contributed by atoms with van der Waals surface area (Å²) in [6.45, 7) is 4.09. The van der Waals surface area contributed by atoms with Crippen LogP contribution in [0.1, 0.15) is 206 Å². The summed E-state index contributed by atoms with van der Waals surface area (Å²) < 4.78 is 34.4. The lowest BCUT2D eigenvalue weighted by Gasteiger charge is -2.24. The van der Waals surface area contributed by atoms with Gasteiger partial charge in [0.15, 0.2) is 6.10 Å². The van der Waals surface area contributed by atoms with Crippen molar-refractivity contribution in [2.75, 3.05) is 47.5 Å². The van der Waals surface area contributed by atoms with Crippen molar-refractivity contribution in [3.63, 3.8) is 0 Å². The molecule has 78 heavy (non-hydrogen) atoms. The topological polar surface area (TPSA) is 108 Å². The largest absolute Gasteiger partial charge is 0.472 e. The maximum atomic E-state index is 12.8. The monoisotopic (exact) mass is 1100 g/mol. The molecule has 0 radical (unpaired) electrons. The number of ether oxygens (including phenoxy) is 2. The van der Waals surface area contributed by atoms with Gasteiger partial charge in [-0.2, -0.15) is 0 Å². The highest BCUT2D eigenvalue weighted by molar-refractivity contribution is 7.47. The lowest BCUT2D eigenvalue weighted by atomic mass is 10.0. The van der Waals surface area contributed by atoms with E-state index in [9.17, 15) is 19.0 Å². The van der Waals surface area contributed by atoms with E-state index in [0.29, 0.717) is 23.9 Å². The lowest BCUT2D eigenvalue weighted by molar-refractivity contribution is -0.870. The fraction of sp³-hybridized carbons (Fsp3) is 0.588. The van der Waals surface area contributed by atoms with Crippen LogP contribution in [0.4, 0.5) is 0 Å². The maximum Gasteiger partial charge on any atom is 0.472 e. The van der Waals surface area contributed by atoms with Gasteiger partial charge in [0, 0.05) is 12.8 Å². The predicted octanol–water partition coefficient (Wildman–Crippen LogP) is 19.3. The van der Waals surface area contributed by atoms with E-state index in [1.807, 2.05) is 33.3 Å². The van der Waals surface area contributed by atoms with Gasteiger partial charge in [0.2, 0.25) is 0 Å². The molecule has 10 heteroatoms. The summed E-state index contributed by atoms with van der Waals surface area (Å²) >= 11 is 0. The van der Waals surface area contributed by atoms with Crippen molar-refractivity contribution in [1.82, 2.24) is 0 Å². The van der Waals surface area contributed by atoms with Gasteiger partial charge in [0.05, 0.1) is 27.7 Å². The molecule has 0 aromatic carbocycles. The van der Waals surface area contributed by atoms with Crippen LogP contribution < -0.4 is 0 Å². The standard InChI is InChI=1S/C68H110NO8P/c1-6-8-10-12-14-16-18-20-21-22-23-24-25-26-27-28-29-30-31-32-33-34-35-36-37-38-39-40-41-42-43-44-45-46-47-49-51-53-55-57-59-61-68(71)77-66(65-76-78(72,73)75-63-62-69(3,4)5)64-74-67(70)60-58-56-54-52-50-48-19-17-15-13-11-9-7-2/h8-11,14-17,20-21,23-24,26-27,29-30,32-33,35-36,38-39,48,50,54,56,66H,6-7,12-13,18-19,22,25,28,31,34,37,40-47,49,51-53,55,57-65H2,1-5H3/p+1/b10-8-,11-9-,16-14-,17-15-,21-20-,24-23-,27-26-,30-29-,33-32-,36-35-,39-38-,50-48-,56-54-. The fourth-order valence-corrected chi connectivity index (χ4v) is 8.23. The van der Waals surface area contributed by atoms with Gasteiger partial charge < -0.3 is 18.9 Å². The summed E-state index contributed by atoms with van der Waals surface area (Å²) in [5, 5.41) is 0. The molecule has 0 saturated heterocycles. The highest BCUT2D eigenvalue weighted by Crippen LogP contribution is 2.43. The number of carbonyl (C=O) groups excluding carboxylic acids is 2. The second kappa shape index (κ2) is 57.3. The maximum absolute atomic E-state index is 12.8. The molecule has 9 nitrogen and oxygen atoms in total. The lowest BCUT2D eigenvalue weighted by Crippen LogP contribution is -2.37. The van der Waals surface area contributed by atoms with Crippen molar-refractivity contribution >= 4 is 19.8 Å². The average Bonchev–Trinajstić information content (AvgIpc) is 3.40. The Morgan fingerprint density at radius 2 is 0.718 bits per heavy atom. The average molecular weight is 1100 g/mol. The van der Waals surface area contributed by atoms with Crippen molar-refractivity contribution in [3.05, 3.63) is 158 Å². The molecule has 0 bridgehead atoms. The Hall–Kier alpha value is -4.37. The van der Waals surface area contributed by atoms with Crippen LogP contribution in [0.3, 0.4) is 0 Å². The normalized spacial score (nSPS) is 14.4. The van der Waals surface area contributed by atoms with E-state index in [-0.39, 0.29) is 26.1 Å². The second-order valence-corrected chi connectivity index (χ2v) is 22.1. The SMILES string of the molecule is CC/C=C\C/C=C\C/C=C\C/C=C\C/C=C\C/C=C\C/C=C\C/C=C\C/C=C\CCCCCCCCCCCCCCCC(=O)OC(COC(=O)CC/C=C\C/C=C\C/C=C\C/C=C\CC)COP(=O)(O)OCC[N+](C)(C)C. The first-order chi connectivity index (χ1) is 38.0. The van der Waals surface area contributed by atoms with Gasteiger partial charge in [-0.25, -0.2) is 4.57 Å². The number of phosphoric acid groups is 1. The number of hydrogen-bond donors (Lipinski definition) is 1. The number of nitrogens with zero attached hydrogens (tertiary/aromatic N) is 1.